The number of hydrogen-bond acceptors (Lipinski definition) is 10. The second-order valence-electron chi connectivity index (χ2n) is 6.26. The molecule has 0 fully saturated rings. The SMILES string of the molecule is O=S(=O)(O)C(CCCCCSSCCCCCC(S(=O)(=O)O)S(=O)(=O)O)S(=O)(=O)O. The summed E-state index contributed by atoms with van der Waals surface area (Å²) in [6.07, 6.45) is 1.80. The maximum absolute atomic E-state index is 11.0. The first kappa shape index (κ1) is 30.3. The molecule has 0 aromatic carbocycles. The van der Waals surface area contributed by atoms with Crippen molar-refractivity contribution in [2.45, 2.75) is 60.5 Å². The van der Waals surface area contributed by atoms with E-state index in [0.29, 0.717) is 37.2 Å². The van der Waals surface area contributed by atoms with E-state index in [0.717, 1.165) is 0 Å². The van der Waals surface area contributed by atoms with Gasteiger partial charge in [0.1, 0.15) is 0 Å². The second kappa shape index (κ2) is 13.1. The normalized spacial score (nSPS) is 13.9. The van der Waals surface area contributed by atoms with Crippen LogP contribution in [0.5, 0.6) is 0 Å². The lowest BCUT2D eigenvalue weighted by molar-refractivity contribution is 0.443. The van der Waals surface area contributed by atoms with E-state index in [1.807, 2.05) is 0 Å². The van der Waals surface area contributed by atoms with Gasteiger partial charge in [0.15, 0.2) is 0 Å². The van der Waals surface area contributed by atoms with Gasteiger partial charge in [0, 0.05) is 11.5 Å². The van der Waals surface area contributed by atoms with E-state index < -0.39 is 62.5 Å². The second-order valence-corrected chi connectivity index (χ2v) is 16.0. The van der Waals surface area contributed by atoms with Crippen molar-refractivity contribution >= 4 is 62.1 Å². The number of rotatable bonds is 17. The van der Waals surface area contributed by atoms with Gasteiger partial charge in [-0.05, 0) is 25.7 Å². The van der Waals surface area contributed by atoms with Crippen LogP contribution < -0.4 is 0 Å². The Labute approximate surface area is 185 Å². The molecule has 0 rings (SSSR count). The highest BCUT2D eigenvalue weighted by molar-refractivity contribution is 8.76. The molecule has 0 heterocycles. The van der Waals surface area contributed by atoms with Crippen LogP contribution in [0.25, 0.3) is 0 Å². The van der Waals surface area contributed by atoms with Gasteiger partial charge in [-0.1, -0.05) is 47.3 Å². The molecule has 0 aliphatic rings. The van der Waals surface area contributed by atoms with Gasteiger partial charge in [0.25, 0.3) is 40.5 Å². The van der Waals surface area contributed by atoms with Crippen LogP contribution in [0.3, 0.4) is 0 Å². The minimum absolute atomic E-state index is 0.179. The van der Waals surface area contributed by atoms with Crippen LogP contribution in [0.1, 0.15) is 51.4 Å². The van der Waals surface area contributed by atoms with Crippen molar-refractivity contribution in [1.29, 1.82) is 0 Å². The predicted molar refractivity (Wildman–Crippen MR) is 116 cm³/mol. The minimum atomic E-state index is -4.90. The molecule has 0 saturated carbocycles. The third-order valence-electron chi connectivity index (χ3n) is 3.75. The lowest BCUT2D eigenvalue weighted by Crippen LogP contribution is -2.29. The van der Waals surface area contributed by atoms with Crippen molar-refractivity contribution in [2.24, 2.45) is 0 Å². The van der Waals surface area contributed by atoms with E-state index in [2.05, 4.69) is 0 Å². The molecule has 0 aromatic rings. The van der Waals surface area contributed by atoms with Crippen molar-refractivity contribution in [1.82, 2.24) is 0 Å². The third-order valence-corrected chi connectivity index (χ3v) is 12.8. The highest BCUT2D eigenvalue weighted by Crippen LogP contribution is 2.25. The van der Waals surface area contributed by atoms with E-state index in [-0.39, 0.29) is 12.8 Å². The van der Waals surface area contributed by atoms with Gasteiger partial charge in [-0.2, -0.15) is 33.7 Å². The van der Waals surface area contributed by atoms with Gasteiger partial charge in [-0.3, -0.25) is 18.2 Å². The summed E-state index contributed by atoms with van der Waals surface area (Å²) in [6.45, 7) is 0. The van der Waals surface area contributed by atoms with Gasteiger partial charge in [-0.15, -0.1) is 0 Å². The first-order valence-corrected chi connectivity index (χ1v) is 17.1. The Bertz CT molecular complexity index is 780. The first-order chi connectivity index (χ1) is 13.5. The largest absolute Gasteiger partial charge is 0.284 e. The van der Waals surface area contributed by atoms with Gasteiger partial charge in [0.2, 0.25) is 9.16 Å². The molecule has 0 radical (unpaired) electrons. The molecule has 182 valence electrons. The Morgan fingerprint density at radius 2 is 0.733 bits per heavy atom. The molecule has 0 spiro atoms. The van der Waals surface area contributed by atoms with Gasteiger partial charge in [0.05, 0.1) is 0 Å². The zero-order chi connectivity index (χ0) is 23.6. The van der Waals surface area contributed by atoms with Crippen molar-refractivity contribution in [3.05, 3.63) is 0 Å². The molecule has 18 heteroatoms. The fraction of sp³-hybridized carbons (Fsp3) is 1.00. The van der Waals surface area contributed by atoms with E-state index in [4.69, 9.17) is 18.2 Å². The maximum atomic E-state index is 11.0. The molecule has 0 saturated heterocycles. The molecule has 12 nitrogen and oxygen atoms in total. The molecule has 0 atom stereocenters. The summed E-state index contributed by atoms with van der Waals surface area (Å²) in [5, 5.41) is 0. The molecule has 0 aliphatic heterocycles. The molecule has 0 unspecified atom stereocenters. The van der Waals surface area contributed by atoms with Crippen molar-refractivity contribution in [3.63, 3.8) is 0 Å². The summed E-state index contributed by atoms with van der Waals surface area (Å²) in [6, 6.07) is 0. The summed E-state index contributed by atoms with van der Waals surface area (Å²) >= 11 is 0. The van der Waals surface area contributed by atoms with Crippen LogP contribution in [-0.2, 0) is 40.5 Å². The third kappa shape index (κ3) is 13.7. The molecule has 30 heavy (non-hydrogen) atoms. The van der Waals surface area contributed by atoms with E-state index in [1.165, 1.54) is 21.6 Å². The van der Waals surface area contributed by atoms with E-state index >= 15 is 0 Å². The lowest BCUT2D eigenvalue weighted by atomic mass is 10.2. The summed E-state index contributed by atoms with van der Waals surface area (Å²) in [4.78, 5) is 0. The Morgan fingerprint density at radius 3 is 0.967 bits per heavy atom. The Balaban J connectivity index is 3.88. The molecule has 0 amide bonds. The van der Waals surface area contributed by atoms with E-state index in [1.54, 1.807) is 0 Å². The smallest absolute Gasteiger partial charge is 0.284 e. The molecule has 0 aliphatic carbocycles. The fourth-order valence-electron chi connectivity index (χ4n) is 2.32. The Morgan fingerprint density at radius 1 is 0.467 bits per heavy atom. The zero-order valence-corrected chi connectivity index (χ0v) is 20.6. The van der Waals surface area contributed by atoms with Crippen molar-refractivity contribution in [2.75, 3.05) is 11.5 Å². The summed E-state index contributed by atoms with van der Waals surface area (Å²) in [7, 11) is -16.6. The number of unbranched alkanes of at least 4 members (excludes halogenated alkanes) is 4. The standard InChI is InChI=1S/C12H26O12S6/c13-27(14,15)11(28(16,17)18)7-3-1-5-9-25-26-10-6-2-4-8-12(29(19,20)21)30(22,23)24/h11-12H,1-10H2,(H,13,14,15)(H,16,17,18)(H,19,20,21)(H,22,23,24). The highest BCUT2D eigenvalue weighted by Gasteiger charge is 2.35. The van der Waals surface area contributed by atoms with Gasteiger partial charge in [-0.25, -0.2) is 0 Å². The number of hydrogen-bond donors (Lipinski definition) is 4. The average molecular weight is 555 g/mol. The van der Waals surface area contributed by atoms with E-state index in [9.17, 15) is 33.7 Å². The van der Waals surface area contributed by atoms with Crippen LogP contribution in [0.2, 0.25) is 0 Å². The molecule has 4 N–H and O–H groups in total. The lowest BCUT2D eigenvalue weighted by Gasteiger charge is -2.10. The predicted octanol–water partition coefficient (Wildman–Crippen LogP) is 1.69. The van der Waals surface area contributed by atoms with Crippen LogP contribution in [0.15, 0.2) is 0 Å². The summed E-state index contributed by atoms with van der Waals surface area (Å²) in [5.41, 5.74) is 0. The van der Waals surface area contributed by atoms with Crippen LogP contribution in [0.4, 0.5) is 0 Å². The topological polar surface area (TPSA) is 217 Å². The molecular weight excluding hydrogens is 529 g/mol. The molecular formula is C12H26O12S6. The monoisotopic (exact) mass is 554 g/mol. The van der Waals surface area contributed by atoms with Gasteiger partial charge >= 0.3 is 0 Å². The zero-order valence-electron chi connectivity index (χ0n) is 15.7. The fourth-order valence-corrected chi connectivity index (χ4v) is 8.93. The first-order valence-electron chi connectivity index (χ1n) is 8.57. The van der Waals surface area contributed by atoms with Crippen molar-refractivity contribution < 1.29 is 51.9 Å². The quantitative estimate of drug-likeness (QED) is 0.114. The summed E-state index contributed by atoms with van der Waals surface area (Å²) < 4.78 is 118. The molecule has 0 bridgehead atoms. The highest BCUT2D eigenvalue weighted by atomic mass is 33.1. The average Bonchev–Trinajstić information content (AvgIpc) is 2.50. The van der Waals surface area contributed by atoms with Crippen LogP contribution in [-0.4, -0.2) is 72.6 Å². The molecule has 0 aromatic heterocycles. The van der Waals surface area contributed by atoms with Crippen LogP contribution in [0, 0.1) is 0 Å². The van der Waals surface area contributed by atoms with Gasteiger partial charge < -0.3 is 0 Å². The minimum Gasteiger partial charge on any atom is -0.284 e. The summed E-state index contributed by atoms with van der Waals surface area (Å²) in [5.74, 6) is 1.36. The van der Waals surface area contributed by atoms with Crippen LogP contribution >= 0.6 is 21.6 Å². The Kier molecular flexibility index (Phi) is 13.3. The maximum Gasteiger partial charge on any atom is 0.284 e. The van der Waals surface area contributed by atoms with Crippen molar-refractivity contribution in [3.8, 4) is 0 Å². The Hall–Kier alpha value is 0.340.